The molecular weight excluding hydrogens is 486 g/mol. The number of rotatable bonds is 3. The Morgan fingerprint density at radius 3 is 2.57 bits per heavy atom. The molecule has 0 saturated carbocycles. The molecule has 0 radical (unpaired) electrons. The molecule has 2 aromatic carbocycles. The first-order chi connectivity index (χ1) is 14.3. The summed E-state index contributed by atoms with van der Waals surface area (Å²) < 4.78 is 31.3. The van der Waals surface area contributed by atoms with Crippen molar-refractivity contribution in [3.63, 3.8) is 0 Å². The highest BCUT2D eigenvalue weighted by atomic mass is 79.9. The Morgan fingerprint density at radius 1 is 1.17 bits per heavy atom. The van der Waals surface area contributed by atoms with Gasteiger partial charge in [0.2, 0.25) is 10.0 Å². The van der Waals surface area contributed by atoms with Crippen molar-refractivity contribution in [1.29, 1.82) is 0 Å². The van der Waals surface area contributed by atoms with Gasteiger partial charge in [-0.1, -0.05) is 23.8 Å². The fourth-order valence-corrected chi connectivity index (χ4v) is 7.26. The van der Waals surface area contributed by atoms with Crippen molar-refractivity contribution in [3.8, 4) is 0 Å². The number of carbonyl (C=O) groups is 1. The molecule has 30 heavy (non-hydrogen) atoms. The number of hydrogen-bond acceptors (Lipinski definition) is 4. The van der Waals surface area contributed by atoms with Crippen molar-refractivity contribution in [2.75, 3.05) is 6.54 Å². The molecule has 1 unspecified atom stereocenters. The van der Waals surface area contributed by atoms with Crippen LogP contribution in [-0.4, -0.2) is 35.8 Å². The average Bonchev–Trinajstić information content (AvgIpc) is 3.05. The lowest BCUT2D eigenvalue weighted by Crippen LogP contribution is -2.41. The largest absolute Gasteiger partial charge is 0.318 e. The van der Waals surface area contributed by atoms with E-state index in [1.807, 2.05) is 36.7 Å². The van der Waals surface area contributed by atoms with Crippen LogP contribution in [0.5, 0.6) is 0 Å². The van der Waals surface area contributed by atoms with Crippen molar-refractivity contribution >= 4 is 53.4 Å². The summed E-state index contributed by atoms with van der Waals surface area (Å²) >= 11 is 4.96. The van der Waals surface area contributed by atoms with E-state index in [1.165, 1.54) is 35.6 Å². The van der Waals surface area contributed by atoms with E-state index in [1.54, 1.807) is 4.31 Å². The maximum Gasteiger partial charge on any atom is 0.279 e. The molecule has 0 bridgehead atoms. The van der Waals surface area contributed by atoms with Gasteiger partial charge in [0.25, 0.3) is 5.91 Å². The monoisotopic (exact) mass is 507 g/mol. The minimum atomic E-state index is -3.56. The van der Waals surface area contributed by atoms with Gasteiger partial charge in [-0.3, -0.25) is 4.79 Å². The van der Waals surface area contributed by atoms with Crippen LogP contribution in [0.25, 0.3) is 10.2 Å². The van der Waals surface area contributed by atoms with Gasteiger partial charge in [0.15, 0.2) is 4.80 Å². The first-order valence-corrected chi connectivity index (χ1v) is 12.8. The van der Waals surface area contributed by atoms with Crippen molar-refractivity contribution in [3.05, 3.63) is 57.3 Å². The van der Waals surface area contributed by atoms with Gasteiger partial charge in [0.1, 0.15) is 0 Å². The quantitative estimate of drug-likeness (QED) is 0.530. The summed E-state index contributed by atoms with van der Waals surface area (Å²) in [6.07, 6.45) is 2.80. The summed E-state index contributed by atoms with van der Waals surface area (Å²) in [4.78, 5) is 17.8. The Bertz CT molecular complexity index is 1280. The molecule has 3 aromatic rings. The number of amides is 1. The van der Waals surface area contributed by atoms with E-state index in [-0.39, 0.29) is 10.9 Å². The summed E-state index contributed by atoms with van der Waals surface area (Å²) in [6, 6.07) is 11.9. The zero-order valence-electron chi connectivity index (χ0n) is 16.7. The van der Waals surface area contributed by atoms with E-state index in [9.17, 15) is 13.2 Å². The van der Waals surface area contributed by atoms with E-state index in [0.29, 0.717) is 16.9 Å². The van der Waals surface area contributed by atoms with Gasteiger partial charge in [-0.25, -0.2) is 8.42 Å². The Morgan fingerprint density at radius 2 is 1.90 bits per heavy atom. The van der Waals surface area contributed by atoms with E-state index in [2.05, 4.69) is 20.9 Å². The van der Waals surface area contributed by atoms with Gasteiger partial charge < -0.3 is 4.57 Å². The molecule has 1 saturated heterocycles. The molecule has 0 spiro atoms. The minimum Gasteiger partial charge on any atom is -0.318 e. The van der Waals surface area contributed by atoms with Gasteiger partial charge in [0.05, 0.1) is 15.1 Å². The number of hydrogen-bond donors (Lipinski definition) is 0. The molecule has 1 amide bonds. The number of halogens is 1. The molecule has 9 heteroatoms. The Labute approximate surface area is 188 Å². The van der Waals surface area contributed by atoms with Crippen molar-refractivity contribution in [2.24, 2.45) is 12.0 Å². The second-order valence-corrected chi connectivity index (χ2v) is 11.2. The normalized spacial score (nSPS) is 18.8. The lowest BCUT2D eigenvalue weighted by molar-refractivity contribution is 0.0998. The molecule has 0 N–H and O–H groups in total. The van der Waals surface area contributed by atoms with Gasteiger partial charge in [-0.15, -0.1) is 0 Å². The van der Waals surface area contributed by atoms with Crippen molar-refractivity contribution in [1.82, 2.24) is 8.87 Å². The highest BCUT2D eigenvalue weighted by molar-refractivity contribution is 9.10. The van der Waals surface area contributed by atoms with E-state index in [4.69, 9.17) is 0 Å². The maximum absolute atomic E-state index is 13.0. The number of nitrogens with zero attached hydrogens (tertiary/aromatic N) is 3. The highest BCUT2D eigenvalue weighted by Gasteiger charge is 2.30. The number of piperidine rings is 1. The van der Waals surface area contributed by atoms with Crippen LogP contribution in [-0.2, 0) is 17.1 Å². The summed E-state index contributed by atoms with van der Waals surface area (Å²) in [5, 5.41) is 0. The van der Waals surface area contributed by atoms with Gasteiger partial charge in [-0.05, 0) is 72.1 Å². The second kappa shape index (κ2) is 8.37. The number of para-hydroxylation sites is 1. The van der Waals surface area contributed by atoms with Crippen LogP contribution in [0.1, 0.15) is 36.5 Å². The number of fused-ring (bicyclic) bond motifs is 1. The van der Waals surface area contributed by atoms with Crippen LogP contribution in [0.3, 0.4) is 0 Å². The summed E-state index contributed by atoms with van der Waals surface area (Å²) in [6.45, 7) is 2.48. The Hall–Kier alpha value is -1.81. The zero-order valence-corrected chi connectivity index (χ0v) is 19.9. The number of aromatic nitrogens is 1. The maximum atomic E-state index is 13.0. The molecule has 6 nitrogen and oxygen atoms in total. The number of aryl methyl sites for hydroxylation is 1. The molecule has 2 heterocycles. The van der Waals surface area contributed by atoms with Crippen molar-refractivity contribution < 1.29 is 13.2 Å². The Kier molecular flexibility index (Phi) is 5.98. The number of carbonyl (C=O) groups excluding carboxylic acids is 1. The summed E-state index contributed by atoms with van der Waals surface area (Å²) in [5.74, 6) is -0.399. The van der Waals surface area contributed by atoms with E-state index >= 15 is 0 Å². The first kappa shape index (κ1) is 21.4. The third kappa shape index (κ3) is 3.91. The lowest BCUT2D eigenvalue weighted by atomic mass is 10.1. The van der Waals surface area contributed by atoms with Crippen LogP contribution in [0.15, 0.2) is 56.8 Å². The SMILES string of the molecule is CC1CCCCN1S(=O)(=O)c1ccc(C(=O)N=c2sc3cccc(Br)c3n2C)cc1. The van der Waals surface area contributed by atoms with Gasteiger partial charge >= 0.3 is 0 Å². The van der Waals surface area contributed by atoms with Crippen molar-refractivity contribution in [2.45, 2.75) is 37.1 Å². The molecular formula is C21H22BrN3O3S2. The molecule has 1 aliphatic heterocycles. The third-order valence-electron chi connectivity index (χ3n) is 5.42. The minimum absolute atomic E-state index is 0.00709. The van der Waals surface area contributed by atoms with Crippen LogP contribution in [0.2, 0.25) is 0 Å². The fourth-order valence-electron chi connectivity index (χ4n) is 3.75. The highest BCUT2D eigenvalue weighted by Crippen LogP contribution is 2.26. The van der Waals surface area contributed by atoms with Crippen LogP contribution in [0, 0.1) is 0 Å². The zero-order chi connectivity index (χ0) is 21.5. The fraction of sp³-hybridized carbons (Fsp3) is 0.333. The molecule has 158 valence electrons. The standard InChI is InChI=1S/C21H22BrN3O3S2/c1-14-6-3-4-13-25(14)30(27,28)16-11-9-15(10-12-16)20(26)23-21-24(2)19-17(22)7-5-8-18(19)29-21/h5,7-12,14H,3-4,6,13H2,1-2H3. The van der Waals surface area contributed by atoms with Crippen LogP contribution >= 0.6 is 27.3 Å². The summed E-state index contributed by atoms with van der Waals surface area (Å²) in [5.41, 5.74) is 1.34. The molecule has 1 fully saturated rings. The summed E-state index contributed by atoms with van der Waals surface area (Å²) in [7, 11) is -1.69. The predicted molar refractivity (Wildman–Crippen MR) is 122 cm³/mol. The molecule has 1 aliphatic rings. The topological polar surface area (TPSA) is 71.7 Å². The molecule has 4 rings (SSSR count). The number of benzene rings is 2. The molecule has 1 atom stereocenters. The smallest absolute Gasteiger partial charge is 0.279 e. The van der Waals surface area contributed by atoms with E-state index in [0.717, 1.165) is 34.0 Å². The Balaban J connectivity index is 1.63. The number of thiazole rings is 1. The second-order valence-electron chi connectivity index (χ2n) is 7.43. The number of sulfonamides is 1. The predicted octanol–water partition coefficient (Wildman–Crippen LogP) is 4.31. The van der Waals surface area contributed by atoms with Crippen LogP contribution < -0.4 is 4.80 Å². The average molecular weight is 508 g/mol. The van der Waals surface area contributed by atoms with Crippen LogP contribution in [0.4, 0.5) is 0 Å². The molecule has 1 aromatic heterocycles. The first-order valence-electron chi connectivity index (χ1n) is 9.74. The lowest BCUT2D eigenvalue weighted by Gasteiger charge is -2.32. The van der Waals surface area contributed by atoms with Gasteiger partial charge in [-0.2, -0.15) is 9.30 Å². The third-order valence-corrected chi connectivity index (χ3v) is 9.19. The van der Waals surface area contributed by atoms with E-state index < -0.39 is 15.9 Å². The van der Waals surface area contributed by atoms with Gasteiger partial charge in [0, 0.05) is 29.7 Å². The molecule has 0 aliphatic carbocycles.